The maximum atomic E-state index is 10.4. The summed E-state index contributed by atoms with van der Waals surface area (Å²) < 4.78 is 0. The molecular formula is C9H14N2O2. The molecule has 1 aromatic rings. The molecule has 1 heterocycles. The molecule has 1 rings (SSSR count). The van der Waals surface area contributed by atoms with E-state index >= 15 is 0 Å². The lowest BCUT2D eigenvalue weighted by molar-refractivity contribution is -0.137. The Labute approximate surface area is 76.8 Å². The first-order valence-corrected chi connectivity index (χ1v) is 4.14. The molecule has 0 aliphatic carbocycles. The summed E-state index contributed by atoms with van der Waals surface area (Å²) in [5, 5.41) is 8.55. The van der Waals surface area contributed by atoms with E-state index in [9.17, 15) is 4.79 Å². The average molecular weight is 182 g/mol. The van der Waals surface area contributed by atoms with Crippen molar-refractivity contribution < 1.29 is 9.90 Å². The molecule has 0 fully saturated rings. The Balaban J connectivity index is 2.81. The molecular weight excluding hydrogens is 168 g/mol. The number of nitrogens with two attached hydrogens (primary N) is 1. The molecule has 0 aromatic carbocycles. The number of carboxylic acid groups (broad SMARTS) is 1. The Bertz CT molecular complexity index is 317. The molecule has 0 spiro atoms. The van der Waals surface area contributed by atoms with Crippen molar-refractivity contribution in [1.82, 2.24) is 4.98 Å². The number of H-pyrrole nitrogens is 1. The van der Waals surface area contributed by atoms with Crippen LogP contribution in [0, 0.1) is 13.8 Å². The number of aryl methyl sites for hydroxylation is 2. The second-order valence-corrected chi connectivity index (χ2v) is 3.25. The van der Waals surface area contributed by atoms with E-state index in [-0.39, 0.29) is 6.42 Å². The quantitative estimate of drug-likeness (QED) is 0.655. The molecule has 0 bridgehead atoms. The van der Waals surface area contributed by atoms with E-state index in [0.29, 0.717) is 0 Å². The second kappa shape index (κ2) is 3.62. The van der Waals surface area contributed by atoms with Crippen LogP contribution in [0.25, 0.3) is 0 Å². The van der Waals surface area contributed by atoms with E-state index in [1.807, 2.05) is 19.9 Å². The first-order valence-electron chi connectivity index (χ1n) is 4.14. The summed E-state index contributed by atoms with van der Waals surface area (Å²) in [5.74, 6) is -0.876. The van der Waals surface area contributed by atoms with Gasteiger partial charge in [-0.15, -0.1) is 0 Å². The third-order valence-corrected chi connectivity index (χ3v) is 1.96. The van der Waals surface area contributed by atoms with Crippen LogP contribution in [0.1, 0.15) is 29.4 Å². The molecule has 0 radical (unpaired) electrons. The lowest BCUT2D eigenvalue weighted by Crippen LogP contribution is -2.16. The highest BCUT2D eigenvalue weighted by Crippen LogP contribution is 2.18. The Morgan fingerprint density at radius 1 is 1.69 bits per heavy atom. The molecule has 0 unspecified atom stereocenters. The predicted molar refractivity (Wildman–Crippen MR) is 49.4 cm³/mol. The van der Waals surface area contributed by atoms with Crippen LogP contribution in [0.2, 0.25) is 0 Å². The summed E-state index contributed by atoms with van der Waals surface area (Å²) in [6, 6.07) is 1.52. The van der Waals surface area contributed by atoms with Crippen molar-refractivity contribution in [2.24, 2.45) is 5.73 Å². The van der Waals surface area contributed by atoms with Crippen LogP contribution in [-0.2, 0) is 4.79 Å². The standard InChI is InChI=1S/C9H14N2O2/c1-5-3-6(2)11-9(5)7(10)4-8(12)13/h3,7,11H,4,10H2,1-2H3,(H,12,13)/t7-/m0/s1. The highest BCUT2D eigenvalue weighted by atomic mass is 16.4. The van der Waals surface area contributed by atoms with E-state index in [1.165, 1.54) is 0 Å². The fourth-order valence-corrected chi connectivity index (χ4v) is 1.42. The van der Waals surface area contributed by atoms with Crippen LogP contribution in [0.5, 0.6) is 0 Å². The minimum absolute atomic E-state index is 0.0409. The van der Waals surface area contributed by atoms with Gasteiger partial charge in [-0.2, -0.15) is 0 Å². The van der Waals surface area contributed by atoms with Gasteiger partial charge in [0.1, 0.15) is 0 Å². The zero-order valence-corrected chi connectivity index (χ0v) is 7.79. The zero-order chi connectivity index (χ0) is 10.0. The van der Waals surface area contributed by atoms with Crippen LogP contribution in [0.15, 0.2) is 6.07 Å². The van der Waals surface area contributed by atoms with Crippen molar-refractivity contribution in [3.8, 4) is 0 Å². The van der Waals surface area contributed by atoms with Crippen molar-refractivity contribution in [2.75, 3.05) is 0 Å². The number of aromatic amines is 1. The summed E-state index contributed by atoms with van der Waals surface area (Å²) in [6.45, 7) is 3.84. The van der Waals surface area contributed by atoms with E-state index in [2.05, 4.69) is 4.98 Å². The Morgan fingerprint density at radius 2 is 2.31 bits per heavy atom. The molecule has 0 saturated heterocycles. The van der Waals surface area contributed by atoms with E-state index < -0.39 is 12.0 Å². The van der Waals surface area contributed by atoms with E-state index in [1.54, 1.807) is 0 Å². The number of rotatable bonds is 3. The van der Waals surface area contributed by atoms with Crippen molar-refractivity contribution >= 4 is 5.97 Å². The fourth-order valence-electron chi connectivity index (χ4n) is 1.42. The monoisotopic (exact) mass is 182 g/mol. The third-order valence-electron chi connectivity index (χ3n) is 1.96. The Hall–Kier alpha value is -1.29. The average Bonchev–Trinajstić information content (AvgIpc) is 2.28. The number of carboxylic acids is 1. The number of nitrogens with one attached hydrogen (secondary N) is 1. The molecule has 72 valence electrons. The largest absolute Gasteiger partial charge is 0.481 e. The molecule has 4 nitrogen and oxygen atoms in total. The zero-order valence-electron chi connectivity index (χ0n) is 7.79. The summed E-state index contributed by atoms with van der Waals surface area (Å²) in [5.41, 5.74) is 8.54. The molecule has 1 atom stereocenters. The van der Waals surface area contributed by atoms with Gasteiger partial charge in [0.15, 0.2) is 0 Å². The molecule has 0 amide bonds. The van der Waals surface area contributed by atoms with Crippen molar-refractivity contribution in [2.45, 2.75) is 26.3 Å². The number of carbonyl (C=O) groups is 1. The van der Waals surface area contributed by atoms with Crippen molar-refractivity contribution in [3.05, 3.63) is 23.0 Å². The Kier molecular flexibility index (Phi) is 2.72. The van der Waals surface area contributed by atoms with Gasteiger partial charge in [0.25, 0.3) is 0 Å². The van der Waals surface area contributed by atoms with E-state index in [4.69, 9.17) is 10.8 Å². The van der Waals surface area contributed by atoms with Gasteiger partial charge in [0.2, 0.25) is 0 Å². The maximum absolute atomic E-state index is 10.4. The molecule has 1 aromatic heterocycles. The summed E-state index contributed by atoms with van der Waals surface area (Å²) >= 11 is 0. The van der Waals surface area contributed by atoms with Crippen LogP contribution in [0.3, 0.4) is 0 Å². The third kappa shape index (κ3) is 2.32. The van der Waals surface area contributed by atoms with Crippen molar-refractivity contribution in [3.63, 3.8) is 0 Å². The van der Waals surface area contributed by atoms with Gasteiger partial charge in [0, 0.05) is 11.4 Å². The summed E-state index contributed by atoms with van der Waals surface area (Å²) in [7, 11) is 0. The van der Waals surface area contributed by atoms with Gasteiger partial charge in [-0.25, -0.2) is 0 Å². The predicted octanol–water partition coefficient (Wildman–Crippen LogP) is 1.11. The Morgan fingerprint density at radius 3 is 2.69 bits per heavy atom. The molecule has 4 N–H and O–H groups in total. The highest BCUT2D eigenvalue weighted by molar-refractivity contribution is 5.67. The fraction of sp³-hybridized carbons (Fsp3) is 0.444. The van der Waals surface area contributed by atoms with Crippen LogP contribution >= 0.6 is 0 Å². The maximum Gasteiger partial charge on any atom is 0.305 e. The van der Waals surface area contributed by atoms with Gasteiger partial charge in [0.05, 0.1) is 12.5 Å². The van der Waals surface area contributed by atoms with Gasteiger partial charge in [-0.3, -0.25) is 4.79 Å². The minimum atomic E-state index is -0.876. The highest BCUT2D eigenvalue weighted by Gasteiger charge is 2.14. The topological polar surface area (TPSA) is 79.1 Å². The minimum Gasteiger partial charge on any atom is -0.481 e. The molecule has 0 saturated carbocycles. The second-order valence-electron chi connectivity index (χ2n) is 3.25. The van der Waals surface area contributed by atoms with Crippen LogP contribution in [-0.4, -0.2) is 16.1 Å². The van der Waals surface area contributed by atoms with Crippen molar-refractivity contribution in [1.29, 1.82) is 0 Å². The number of hydrogen-bond donors (Lipinski definition) is 3. The van der Waals surface area contributed by atoms with Crippen LogP contribution < -0.4 is 5.73 Å². The van der Waals surface area contributed by atoms with E-state index in [0.717, 1.165) is 17.0 Å². The molecule has 0 aliphatic rings. The normalized spacial score (nSPS) is 12.8. The smallest absolute Gasteiger partial charge is 0.305 e. The first kappa shape index (κ1) is 9.80. The van der Waals surface area contributed by atoms with Crippen LogP contribution in [0.4, 0.5) is 0 Å². The summed E-state index contributed by atoms with van der Waals surface area (Å²) in [4.78, 5) is 13.5. The number of aromatic nitrogens is 1. The number of hydrogen-bond acceptors (Lipinski definition) is 2. The van der Waals surface area contributed by atoms with Gasteiger partial charge < -0.3 is 15.8 Å². The first-order chi connectivity index (χ1) is 6.00. The lowest BCUT2D eigenvalue weighted by Gasteiger charge is -2.07. The lowest BCUT2D eigenvalue weighted by atomic mass is 10.1. The SMILES string of the molecule is Cc1cc(C)c([C@@H](N)CC(=O)O)[nH]1. The molecule has 13 heavy (non-hydrogen) atoms. The molecule has 0 aliphatic heterocycles. The number of aliphatic carboxylic acids is 1. The summed E-state index contributed by atoms with van der Waals surface area (Å²) in [6.07, 6.45) is -0.0409. The van der Waals surface area contributed by atoms with Gasteiger partial charge in [-0.05, 0) is 25.5 Å². The van der Waals surface area contributed by atoms with Gasteiger partial charge >= 0.3 is 5.97 Å². The van der Waals surface area contributed by atoms with Gasteiger partial charge in [-0.1, -0.05) is 0 Å². The molecule has 4 heteroatoms.